The van der Waals surface area contributed by atoms with Gasteiger partial charge in [0.15, 0.2) is 5.75 Å². The minimum atomic E-state index is -4.85. The molecule has 1 aliphatic carbocycles. The Balaban J connectivity index is 0.00000179. The van der Waals surface area contributed by atoms with E-state index in [2.05, 4.69) is 30.8 Å². The van der Waals surface area contributed by atoms with Crippen LogP contribution in [0, 0.1) is 5.92 Å². The zero-order valence-electron chi connectivity index (χ0n) is 24.7. The summed E-state index contributed by atoms with van der Waals surface area (Å²) in [5, 5.41) is 13.6. The lowest BCUT2D eigenvalue weighted by molar-refractivity contribution is -0.910. The average Bonchev–Trinajstić information content (AvgIpc) is 3.33. The summed E-state index contributed by atoms with van der Waals surface area (Å²) < 4.78 is 47.6. The van der Waals surface area contributed by atoms with E-state index in [4.69, 9.17) is 4.74 Å². The van der Waals surface area contributed by atoms with Gasteiger partial charge in [0.1, 0.15) is 0 Å². The topological polar surface area (TPSA) is 74.9 Å². The first-order chi connectivity index (χ1) is 18.1. The van der Waals surface area contributed by atoms with Gasteiger partial charge in [0.2, 0.25) is 11.6 Å². The Bertz CT molecular complexity index is 793. The summed E-state index contributed by atoms with van der Waals surface area (Å²) in [6, 6.07) is 1.82. The van der Waals surface area contributed by atoms with Crippen molar-refractivity contribution in [2.45, 2.75) is 119 Å². The highest BCUT2D eigenvalue weighted by Crippen LogP contribution is 2.31. The van der Waals surface area contributed by atoms with Crippen molar-refractivity contribution in [3.8, 4) is 5.75 Å². The molecule has 0 saturated heterocycles. The SMILES string of the molecule is CC.CC.CCC.CCOCCC(C)NC1CCC(C(=O)N2CCc3c(cc(OC(F)(F)F)c[n+]3O)C2)C1. The molecule has 1 aliphatic heterocycles. The Morgan fingerprint density at radius 2 is 1.84 bits per heavy atom. The van der Waals surface area contributed by atoms with Crippen LogP contribution in [0.4, 0.5) is 13.2 Å². The molecule has 10 heteroatoms. The first-order valence-corrected chi connectivity index (χ1v) is 14.2. The summed E-state index contributed by atoms with van der Waals surface area (Å²) in [6.07, 6.45) is 1.02. The van der Waals surface area contributed by atoms with E-state index in [0.717, 1.165) is 31.9 Å². The van der Waals surface area contributed by atoms with Crippen molar-refractivity contribution >= 4 is 5.91 Å². The van der Waals surface area contributed by atoms with Crippen molar-refractivity contribution in [1.29, 1.82) is 0 Å². The third kappa shape index (κ3) is 12.7. The molecule has 2 aliphatic rings. The van der Waals surface area contributed by atoms with Crippen LogP contribution in [0.5, 0.6) is 5.75 Å². The first kappa shape index (κ1) is 35.9. The highest BCUT2D eigenvalue weighted by Gasteiger charge is 2.37. The zero-order chi connectivity index (χ0) is 29.3. The summed E-state index contributed by atoms with van der Waals surface area (Å²) >= 11 is 0. The van der Waals surface area contributed by atoms with Gasteiger partial charge < -0.3 is 19.7 Å². The van der Waals surface area contributed by atoms with Crippen LogP contribution >= 0.6 is 0 Å². The van der Waals surface area contributed by atoms with E-state index in [1.807, 2.05) is 34.6 Å². The fourth-order valence-corrected chi connectivity index (χ4v) is 4.46. The molecule has 3 atom stereocenters. The molecule has 0 radical (unpaired) electrons. The number of amides is 1. The van der Waals surface area contributed by atoms with Gasteiger partial charge in [-0.2, -0.15) is 0 Å². The molecule has 1 aromatic rings. The summed E-state index contributed by atoms with van der Waals surface area (Å²) in [7, 11) is 0. The first-order valence-electron chi connectivity index (χ1n) is 14.2. The number of halogens is 3. The van der Waals surface area contributed by atoms with E-state index in [-0.39, 0.29) is 24.4 Å². The van der Waals surface area contributed by atoms with Gasteiger partial charge >= 0.3 is 6.36 Å². The second-order valence-electron chi connectivity index (χ2n) is 9.02. The molecule has 1 saturated carbocycles. The van der Waals surface area contributed by atoms with E-state index in [0.29, 0.717) is 48.2 Å². The van der Waals surface area contributed by atoms with Gasteiger partial charge in [0.05, 0.1) is 13.0 Å². The molecule has 2 heterocycles. The Morgan fingerprint density at radius 1 is 1.21 bits per heavy atom. The molecule has 7 nitrogen and oxygen atoms in total. The molecule has 0 aromatic carbocycles. The number of carbonyl (C=O) groups excluding carboxylic acids is 1. The van der Waals surface area contributed by atoms with Crippen LogP contribution in [0.25, 0.3) is 0 Å². The van der Waals surface area contributed by atoms with Crippen molar-refractivity contribution in [3.63, 3.8) is 0 Å². The Labute approximate surface area is 227 Å². The van der Waals surface area contributed by atoms with Crippen LogP contribution in [-0.2, 0) is 22.5 Å². The molecule has 3 rings (SSSR count). The van der Waals surface area contributed by atoms with Crippen molar-refractivity contribution in [2.24, 2.45) is 5.92 Å². The maximum absolute atomic E-state index is 13.0. The van der Waals surface area contributed by atoms with Crippen molar-refractivity contribution < 1.29 is 37.4 Å². The Hall–Kier alpha value is -2.07. The van der Waals surface area contributed by atoms with Crippen LogP contribution in [0.1, 0.15) is 98.8 Å². The van der Waals surface area contributed by atoms with Crippen molar-refractivity contribution in [2.75, 3.05) is 19.8 Å². The van der Waals surface area contributed by atoms with Crippen LogP contribution < -0.4 is 14.8 Å². The van der Waals surface area contributed by atoms with Crippen LogP contribution in [0.3, 0.4) is 0 Å². The lowest BCUT2D eigenvalue weighted by atomic mass is 10.0. The smallest absolute Gasteiger partial charge is 0.399 e. The van der Waals surface area contributed by atoms with Gasteiger partial charge in [0, 0.05) is 48.1 Å². The fraction of sp³-hybridized carbons (Fsp3) is 0.786. The number of pyridine rings is 1. The maximum Gasteiger partial charge on any atom is 0.573 e. The molecule has 3 unspecified atom stereocenters. The normalized spacial score (nSPS) is 19.0. The Kier molecular flexibility index (Phi) is 18.0. The predicted octanol–water partition coefficient (Wildman–Crippen LogP) is 6.04. The number of ether oxygens (including phenoxy) is 2. The molecule has 1 fully saturated rings. The number of nitrogens with one attached hydrogen (secondary N) is 1. The molecule has 0 bridgehead atoms. The number of nitrogens with zero attached hydrogens (tertiary/aromatic N) is 2. The molecule has 0 spiro atoms. The molecular weight excluding hydrogens is 499 g/mol. The number of rotatable bonds is 8. The van der Waals surface area contributed by atoms with Gasteiger partial charge in [-0.05, 0) is 45.6 Å². The lowest BCUT2D eigenvalue weighted by Gasteiger charge is -2.29. The number of carbonyl (C=O) groups is 1. The molecule has 2 N–H and O–H groups in total. The highest BCUT2D eigenvalue weighted by atomic mass is 19.4. The average molecular weight is 551 g/mol. The van der Waals surface area contributed by atoms with Gasteiger partial charge in [-0.1, -0.05) is 48.0 Å². The quantitative estimate of drug-likeness (QED) is 0.235. The number of hydrogen-bond acceptors (Lipinski definition) is 5. The van der Waals surface area contributed by atoms with Crippen LogP contribution in [-0.4, -0.2) is 54.2 Å². The van der Waals surface area contributed by atoms with E-state index in [1.165, 1.54) is 12.5 Å². The molecule has 1 amide bonds. The third-order valence-electron chi connectivity index (χ3n) is 5.94. The second-order valence-corrected chi connectivity index (χ2v) is 9.02. The molecule has 38 heavy (non-hydrogen) atoms. The van der Waals surface area contributed by atoms with Gasteiger partial charge in [0.25, 0.3) is 6.20 Å². The second kappa shape index (κ2) is 19.1. The van der Waals surface area contributed by atoms with Crippen molar-refractivity contribution in [1.82, 2.24) is 10.2 Å². The van der Waals surface area contributed by atoms with E-state index in [9.17, 15) is 23.2 Å². The summed E-state index contributed by atoms with van der Waals surface area (Å²) in [6.45, 7) is 18.3. The van der Waals surface area contributed by atoms with E-state index < -0.39 is 12.1 Å². The molecular formula is C28H51F3N3O4+. The highest BCUT2D eigenvalue weighted by molar-refractivity contribution is 5.79. The third-order valence-corrected chi connectivity index (χ3v) is 5.94. The van der Waals surface area contributed by atoms with Gasteiger partial charge in [-0.15, -0.1) is 13.2 Å². The number of aromatic nitrogens is 1. The van der Waals surface area contributed by atoms with Crippen molar-refractivity contribution in [3.05, 3.63) is 23.5 Å². The standard InChI is InChI=1S/C21H31F3N3O4.C3H8.2C2H6/c1-3-30-9-7-14(2)25-17-5-4-15(10-17)20(28)26-8-6-19-16(12-26)11-18(13-27(19)29)31-21(22,23)24;1-3-2;2*1-2/h11,13-15,17,25,29H,3-10,12H2,1-2H3;3H2,1-2H3;2*1-2H3/q+1;;;. The number of hydrogen-bond donors (Lipinski definition) is 2. The van der Waals surface area contributed by atoms with E-state index in [1.54, 1.807) is 4.90 Å². The largest absolute Gasteiger partial charge is 0.573 e. The van der Waals surface area contributed by atoms with E-state index >= 15 is 0 Å². The minimum Gasteiger partial charge on any atom is -0.399 e. The number of alkyl halides is 3. The molecule has 222 valence electrons. The fourth-order valence-electron chi connectivity index (χ4n) is 4.46. The van der Waals surface area contributed by atoms with Gasteiger partial charge in [-0.3, -0.25) is 10.0 Å². The minimum absolute atomic E-state index is 0.0172. The lowest BCUT2D eigenvalue weighted by Crippen LogP contribution is -2.46. The molecule has 1 aromatic heterocycles. The van der Waals surface area contributed by atoms with Gasteiger partial charge in [-0.25, -0.2) is 0 Å². The zero-order valence-corrected chi connectivity index (χ0v) is 24.7. The predicted molar refractivity (Wildman–Crippen MR) is 143 cm³/mol. The van der Waals surface area contributed by atoms with Crippen LogP contribution in [0.15, 0.2) is 12.3 Å². The summed E-state index contributed by atoms with van der Waals surface area (Å²) in [4.78, 5) is 14.7. The summed E-state index contributed by atoms with van der Waals surface area (Å²) in [5.74, 6) is -0.591. The Morgan fingerprint density at radius 3 is 2.42 bits per heavy atom. The summed E-state index contributed by atoms with van der Waals surface area (Å²) in [5.41, 5.74) is 0.953. The number of fused-ring (bicyclic) bond motifs is 1. The monoisotopic (exact) mass is 550 g/mol. The van der Waals surface area contributed by atoms with Crippen LogP contribution in [0.2, 0.25) is 0 Å². The maximum atomic E-state index is 13.0.